The van der Waals surface area contributed by atoms with Gasteiger partial charge in [0.05, 0.1) is 5.34 Å². The molecule has 2 aromatic rings. The summed E-state index contributed by atoms with van der Waals surface area (Å²) in [7, 11) is 0. The summed E-state index contributed by atoms with van der Waals surface area (Å²) in [4.78, 5) is 10.8. The zero-order valence-corrected chi connectivity index (χ0v) is 13.8. The lowest BCUT2D eigenvalue weighted by Crippen LogP contribution is -1.91. The summed E-state index contributed by atoms with van der Waals surface area (Å²) in [5.74, 6) is 4.02. The molecule has 1 atom stereocenters. The lowest BCUT2D eigenvalue weighted by Gasteiger charge is -2.00. The summed E-state index contributed by atoms with van der Waals surface area (Å²) in [5.41, 5.74) is 1.34. The summed E-state index contributed by atoms with van der Waals surface area (Å²) < 4.78 is 0. The second-order valence-electron chi connectivity index (χ2n) is 3.92. The Kier molecular flexibility index (Phi) is 12.1. The highest BCUT2D eigenvalue weighted by atomic mass is 35.5. The number of ketones is 1. The van der Waals surface area contributed by atoms with E-state index in [-0.39, 0.29) is 11.1 Å². The monoisotopic (exact) mass is 346 g/mol. The molecule has 1 unspecified atom stereocenters. The molecule has 23 heavy (non-hydrogen) atoms. The summed E-state index contributed by atoms with van der Waals surface area (Å²) >= 11 is 9.53. The zero-order valence-electron chi connectivity index (χ0n) is 12.3. The van der Waals surface area contributed by atoms with Gasteiger partial charge in [-0.2, -0.15) is 0 Å². The second kappa shape index (κ2) is 13.4. The van der Waals surface area contributed by atoms with Crippen LogP contribution in [0.1, 0.15) is 22.0 Å². The Bertz CT molecular complexity index is 641. The van der Waals surface area contributed by atoms with Gasteiger partial charge in [-0.15, -0.1) is 36.0 Å². The predicted octanol–water partition coefficient (Wildman–Crippen LogP) is 4.28. The lowest BCUT2D eigenvalue weighted by molar-refractivity contribution is 0.105. The Morgan fingerprint density at radius 1 is 1.00 bits per heavy atom. The minimum Gasteiger partial charge on any atom is -0.376 e. The van der Waals surface area contributed by atoms with E-state index >= 15 is 0 Å². The number of hydrogen-bond acceptors (Lipinski definition) is 2. The van der Waals surface area contributed by atoms with Crippen molar-refractivity contribution in [3.05, 3.63) is 71.8 Å². The zero-order chi connectivity index (χ0) is 17.5. The Balaban J connectivity index is 0.000000360. The molecule has 0 bridgehead atoms. The highest BCUT2D eigenvalue weighted by Gasteiger charge is 1.99. The maximum absolute atomic E-state index is 10.8. The fraction of sp³-hybridized carbons (Fsp3) is 0.105. The average Bonchev–Trinajstić information content (AvgIpc) is 2.63. The number of terminal acetylenes is 2. The molecule has 0 saturated carbocycles. The molecule has 118 valence electrons. The summed E-state index contributed by atoms with van der Waals surface area (Å²) in [6, 6.07) is 18.0. The van der Waals surface area contributed by atoms with Gasteiger partial charge in [0, 0.05) is 5.56 Å². The predicted molar refractivity (Wildman–Crippen MR) is 96.4 cm³/mol. The smallest absolute Gasteiger partial charge is 0.235 e. The van der Waals surface area contributed by atoms with Crippen LogP contribution < -0.4 is 0 Å². The Morgan fingerprint density at radius 3 is 1.83 bits per heavy atom. The fourth-order valence-corrected chi connectivity index (χ4v) is 1.40. The number of halogens is 2. The van der Waals surface area contributed by atoms with Gasteiger partial charge in [0.1, 0.15) is 6.10 Å². The molecular weight excluding hydrogens is 331 g/mol. The van der Waals surface area contributed by atoms with E-state index in [9.17, 15) is 4.79 Å². The molecule has 2 rings (SSSR count). The van der Waals surface area contributed by atoms with Gasteiger partial charge >= 0.3 is 0 Å². The average molecular weight is 347 g/mol. The molecule has 0 heterocycles. The number of hydrogen-bond donors (Lipinski definition) is 1. The lowest BCUT2D eigenvalue weighted by atomic mass is 10.1. The van der Waals surface area contributed by atoms with Crippen molar-refractivity contribution in [2.75, 3.05) is 5.34 Å². The summed E-state index contributed by atoms with van der Waals surface area (Å²) in [5, 5.41) is 9.29. The van der Waals surface area contributed by atoms with Gasteiger partial charge in [0.25, 0.3) is 0 Å². The molecule has 0 aliphatic heterocycles. The quantitative estimate of drug-likeness (QED) is 0.381. The molecule has 0 aromatic heterocycles. The summed E-state index contributed by atoms with van der Waals surface area (Å²) in [6.07, 6.45) is 9.15. The van der Waals surface area contributed by atoms with Crippen LogP contribution in [-0.4, -0.2) is 16.2 Å². The van der Waals surface area contributed by atoms with Gasteiger partial charge < -0.3 is 5.11 Å². The topological polar surface area (TPSA) is 37.3 Å². The number of aliphatic hydroxyl groups excluding tert-OH is 1. The van der Waals surface area contributed by atoms with Crippen LogP contribution in [0.4, 0.5) is 0 Å². The van der Waals surface area contributed by atoms with Crippen LogP contribution in [0.25, 0.3) is 0 Å². The highest BCUT2D eigenvalue weighted by Crippen LogP contribution is 2.09. The number of rotatable bonds is 2. The fourth-order valence-electron chi connectivity index (χ4n) is 1.40. The van der Waals surface area contributed by atoms with Crippen LogP contribution in [-0.2, 0) is 0 Å². The van der Waals surface area contributed by atoms with E-state index < -0.39 is 6.10 Å². The number of aliphatic hydroxyl groups is 1. The maximum Gasteiger partial charge on any atom is 0.235 e. The number of Topliss-reactive ketones (excluding diaryl/α,β-unsaturated/α-hetero) is 1. The highest BCUT2D eigenvalue weighted by molar-refractivity contribution is 6.40. The van der Waals surface area contributed by atoms with Crippen molar-refractivity contribution >= 4 is 29.0 Å². The van der Waals surface area contributed by atoms with E-state index in [0.29, 0.717) is 5.56 Å². The Labute approximate surface area is 147 Å². The molecule has 0 aliphatic carbocycles. The van der Waals surface area contributed by atoms with Crippen molar-refractivity contribution in [2.45, 2.75) is 6.10 Å². The second-order valence-corrected chi connectivity index (χ2v) is 4.73. The van der Waals surface area contributed by atoms with Crippen molar-refractivity contribution in [2.24, 2.45) is 0 Å². The Morgan fingerprint density at radius 2 is 1.43 bits per heavy atom. The first kappa shape index (κ1) is 20.8. The van der Waals surface area contributed by atoms with Crippen molar-refractivity contribution in [3.8, 4) is 24.7 Å². The molecule has 0 aliphatic rings. The van der Waals surface area contributed by atoms with Crippen LogP contribution in [0.15, 0.2) is 60.7 Å². The van der Waals surface area contributed by atoms with E-state index in [0.717, 1.165) is 5.56 Å². The first-order valence-corrected chi connectivity index (χ1v) is 7.54. The van der Waals surface area contributed by atoms with Crippen LogP contribution >= 0.6 is 23.2 Å². The molecule has 1 N–H and O–H groups in total. The van der Waals surface area contributed by atoms with Gasteiger partial charge in [-0.05, 0) is 11.5 Å². The first-order chi connectivity index (χ1) is 11.1. The maximum atomic E-state index is 10.8. The Hall–Kier alpha value is -2.23. The number of carbonyl (C=O) groups is 1. The van der Waals surface area contributed by atoms with Crippen LogP contribution in [0.3, 0.4) is 0 Å². The van der Waals surface area contributed by atoms with Gasteiger partial charge in [-0.3, -0.25) is 4.79 Å². The molecule has 2 nitrogen and oxygen atoms in total. The van der Waals surface area contributed by atoms with Crippen molar-refractivity contribution in [1.82, 2.24) is 0 Å². The summed E-state index contributed by atoms with van der Waals surface area (Å²) in [6.45, 7) is 0. The van der Waals surface area contributed by atoms with Crippen LogP contribution in [0.2, 0.25) is 0 Å². The number of alkyl halides is 2. The van der Waals surface area contributed by atoms with E-state index in [2.05, 4.69) is 5.92 Å². The molecule has 0 saturated heterocycles. The van der Waals surface area contributed by atoms with E-state index in [1.54, 1.807) is 36.4 Å². The standard InChI is InChI=1S/C9H8O.C9H6O.CH2Cl2/c2*1-2-9(10)8-6-4-3-5-7-8;2-1-3/h1,3-7,9-10H;1,3-7H;1H2. The SMILES string of the molecule is C#CC(=O)c1ccccc1.C#CC(O)c1ccccc1.ClCCl. The van der Waals surface area contributed by atoms with Crippen LogP contribution in [0, 0.1) is 24.7 Å². The van der Waals surface area contributed by atoms with Gasteiger partial charge in [0.15, 0.2) is 0 Å². The third-order valence-corrected chi connectivity index (χ3v) is 2.44. The first-order valence-electron chi connectivity index (χ1n) is 6.47. The van der Waals surface area contributed by atoms with Crippen molar-refractivity contribution in [3.63, 3.8) is 0 Å². The molecular formula is C19H16Cl2O2. The number of carbonyl (C=O) groups excluding carboxylic acids is 1. The molecule has 2 aromatic carbocycles. The van der Waals surface area contributed by atoms with Gasteiger partial charge in [0.2, 0.25) is 5.78 Å². The van der Waals surface area contributed by atoms with E-state index in [4.69, 9.17) is 41.2 Å². The third-order valence-electron chi connectivity index (χ3n) is 2.44. The van der Waals surface area contributed by atoms with Crippen molar-refractivity contribution < 1.29 is 9.90 Å². The normalized spacial score (nSPS) is 9.61. The molecule has 0 amide bonds. The molecule has 0 spiro atoms. The van der Waals surface area contributed by atoms with E-state index in [1.165, 1.54) is 0 Å². The van der Waals surface area contributed by atoms with Gasteiger partial charge in [-0.25, -0.2) is 0 Å². The minimum absolute atomic E-state index is 0.194. The molecule has 4 heteroatoms. The third kappa shape index (κ3) is 9.40. The minimum atomic E-state index is -0.763. The number of benzene rings is 2. The molecule has 0 fully saturated rings. The van der Waals surface area contributed by atoms with Gasteiger partial charge in [-0.1, -0.05) is 66.6 Å². The van der Waals surface area contributed by atoms with Crippen LogP contribution in [0.5, 0.6) is 0 Å². The largest absolute Gasteiger partial charge is 0.376 e. The van der Waals surface area contributed by atoms with Crippen molar-refractivity contribution in [1.29, 1.82) is 0 Å². The molecule has 0 radical (unpaired) electrons. The van der Waals surface area contributed by atoms with E-state index in [1.807, 2.05) is 30.2 Å².